The van der Waals surface area contributed by atoms with E-state index >= 15 is 0 Å². The highest BCUT2D eigenvalue weighted by atomic mass is 16.5. The van der Waals surface area contributed by atoms with Gasteiger partial charge in [0.15, 0.2) is 11.5 Å². The Bertz CT molecular complexity index is 571. The summed E-state index contributed by atoms with van der Waals surface area (Å²) in [5, 5.41) is 9.21. The van der Waals surface area contributed by atoms with Crippen LogP contribution in [0.3, 0.4) is 0 Å². The quantitative estimate of drug-likeness (QED) is 0.850. The van der Waals surface area contributed by atoms with Gasteiger partial charge in [0.25, 0.3) is 0 Å². The van der Waals surface area contributed by atoms with E-state index in [4.69, 9.17) is 9.47 Å². The van der Waals surface area contributed by atoms with Gasteiger partial charge in [-0.3, -0.25) is 0 Å². The fourth-order valence-electron chi connectivity index (χ4n) is 1.73. The molecule has 1 N–H and O–H groups in total. The minimum atomic E-state index is 0.267. The second-order valence-electron chi connectivity index (χ2n) is 4.04. The molecule has 0 spiro atoms. The van der Waals surface area contributed by atoms with Gasteiger partial charge in [0.05, 0.1) is 14.2 Å². The number of hydrogen-bond donors (Lipinski definition) is 1. The summed E-state index contributed by atoms with van der Waals surface area (Å²) in [7, 11) is 3.23. The Kier molecular flexibility index (Phi) is 4.08. The van der Waals surface area contributed by atoms with E-state index in [0.29, 0.717) is 11.5 Å². The first-order valence-corrected chi connectivity index (χ1v) is 5.92. The van der Waals surface area contributed by atoms with Crippen LogP contribution < -0.4 is 9.47 Å². The summed E-state index contributed by atoms with van der Waals surface area (Å²) in [6.07, 6.45) is 3.95. The van der Waals surface area contributed by atoms with E-state index in [-0.39, 0.29) is 5.75 Å². The summed E-state index contributed by atoms with van der Waals surface area (Å²) >= 11 is 0. The molecule has 2 aromatic rings. The average Bonchev–Trinajstić information content (AvgIpc) is 2.46. The molecule has 3 nitrogen and oxygen atoms in total. The van der Waals surface area contributed by atoms with Crippen LogP contribution in [0.2, 0.25) is 0 Å². The third-order valence-corrected chi connectivity index (χ3v) is 2.77. The number of methoxy groups -OCH3 is 2. The van der Waals surface area contributed by atoms with Gasteiger partial charge in [0.1, 0.15) is 5.75 Å². The van der Waals surface area contributed by atoms with Gasteiger partial charge in [-0.2, -0.15) is 0 Å². The van der Waals surface area contributed by atoms with Crippen molar-refractivity contribution in [3.63, 3.8) is 0 Å². The van der Waals surface area contributed by atoms with E-state index in [9.17, 15) is 5.11 Å². The van der Waals surface area contributed by atoms with Gasteiger partial charge >= 0.3 is 0 Å². The molecule has 0 aliphatic rings. The molecule has 0 radical (unpaired) electrons. The monoisotopic (exact) mass is 256 g/mol. The molecule has 0 saturated heterocycles. The molecule has 0 amide bonds. The normalized spacial score (nSPS) is 10.6. The fraction of sp³-hybridized carbons (Fsp3) is 0.125. The molecular weight excluding hydrogens is 240 g/mol. The molecular formula is C16H16O3. The highest BCUT2D eigenvalue weighted by Gasteiger charge is 2.02. The number of benzene rings is 2. The van der Waals surface area contributed by atoms with Gasteiger partial charge in [-0.05, 0) is 35.4 Å². The van der Waals surface area contributed by atoms with E-state index < -0.39 is 0 Å². The van der Waals surface area contributed by atoms with Crippen molar-refractivity contribution in [2.75, 3.05) is 14.2 Å². The molecule has 0 unspecified atom stereocenters. The van der Waals surface area contributed by atoms with Crippen LogP contribution in [0.4, 0.5) is 0 Å². The highest BCUT2D eigenvalue weighted by Crippen LogP contribution is 2.28. The lowest BCUT2D eigenvalue weighted by Gasteiger charge is -2.07. The summed E-state index contributed by atoms with van der Waals surface area (Å²) in [5.74, 6) is 1.68. The standard InChI is InChI=1S/C16H16O3/c1-18-15-10-7-13(11-16(15)19-2)4-3-12-5-8-14(17)9-6-12/h3-11,17H,1-2H3/b4-3+. The summed E-state index contributed by atoms with van der Waals surface area (Å²) < 4.78 is 10.4. The van der Waals surface area contributed by atoms with E-state index in [0.717, 1.165) is 11.1 Å². The van der Waals surface area contributed by atoms with Crippen LogP contribution in [0.15, 0.2) is 42.5 Å². The van der Waals surface area contributed by atoms with Crippen molar-refractivity contribution in [2.24, 2.45) is 0 Å². The van der Waals surface area contributed by atoms with Crippen molar-refractivity contribution >= 4 is 12.2 Å². The van der Waals surface area contributed by atoms with Crippen molar-refractivity contribution in [1.29, 1.82) is 0 Å². The van der Waals surface area contributed by atoms with Gasteiger partial charge in [0.2, 0.25) is 0 Å². The molecule has 0 aliphatic carbocycles. The molecule has 3 heteroatoms. The van der Waals surface area contributed by atoms with Gasteiger partial charge < -0.3 is 14.6 Å². The van der Waals surface area contributed by atoms with Crippen LogP contribution in [0.25, 0.3) is 12.2 Å². The maximum Gasteiger partial charge on any atom is 0.161 e. The fourth-order valence-corrected chi connectivity index (χ4v) is 1.73. The van der Waals surface area contributed by atoms with E-state index in [2.05, 4.69) is 0 Å². The first kappa shape index (κ1) is 13.0. The van der Waals surface area contributed by atoms with Gasteiger partial charge in [-0.25, -0.2) is 0 Å². The van der Waals surface area contributed by atoms with E-state index in [1.165, 1.54) is 0 Å². The van der Waals surface area contributed by atoms with Crippen LogP contribution in [-0.2, 0) is 0 Å². The molecule has 0 aromatic heterocycles. The molecule has 0 saturated carbocycles. The Hall–Kier alpha value is -2.42. The SMILES string of the molecule is COc1ccc(/C=C/c2ccc(O)cc2)cc1OC. The first-order chi connectivity index (χ1) is 9.22. The number of ether oxygens (including phenoxy) is 2. The first-order valence-electron chi connectivity index (χ1n) is 5.92. The summed E-state index contributed by atoms with van der Waals surface area (Å²) in [5.41, 5.74) is 2.04. The predicted octanol–water partition coefficient (Wildman–Crippen LogP) is 3.58. The molecule has 2 rings (SSSR count). The summed E-state index contributed by atoms with van der Waals surface area (Å²) in [6.45, 7) is 0. The lowest BCUT2D eigenvalue weighted by molar-refractivity contribution is 0.355. The lowest BCUT2D eigenvalue weighted by atomic mass is 10.1. The molecule has 19 heavy (non-hydrogen) atoms. The highest BCUT2D eigenvalue weighted by molar-refractivity contribution is 5.71. The second kappa shape index (κ2) is 5.96. The van der Waals surface area contributed by atoms with Crippen LogP contribution >= 0.6 is 0 Å². The Morgan fingerprint density at radius 2 is 1.37 bits per heavy atom. The largest absolute Gasteiger partial charge is 0.508 e. The third-order valence-electron chi connectivity index (χ3n) is 2.77. The maximum absolute atomic E-state index is 9.21. The predicted molar refractivity (Wildman–Crippen MR) is 76.6 cm³/mol. The number of phenols is 1. The van der Waals surface area contributed by atoms with Crippen LogP contribution in [0.1, 0.15) is 11.1 Å². The second-order valence-corrected chi connectivity index (χ2v) is 4.04. The number of hydrogen-bond acceptors (Lipinski definition) is 3. The summed E-state index contributed by atoms with van der Waals surface area (Å²) in [4.78, 5) is 0. The van der Waals surface area contributed by atoms with Crippen LogP contribution in [0.5, 0.6) is 17.2 Å². The lowest BCUT2D eigenvalue weighted by Crippen LogP contribution is -1.90. The van der Waals surface area contributed by atoms with Gasteiger partial charge in [-0.15, -0.1) is 0 Å². The molecule has 0 atom stereocenters. The Morgan fingerprint density at radius 3 is 2.00 bits per heavy atom. The zero-order valence-electron chi connectivity index (χ0n) is 11.0. The maximum atomic E-state index is 9.21. The van der Waals surface area contributed by atoms with E-state index in [1.807, 2.05) is 42.5 Å². The average molecular weight is 256 g/mol. The Morgan fingerprint density at radius 1 is 0.789 bits per heavy atom. The third kappa shape index (κ3) is 3.28. The number of rotatable bonds is 4. The molecule has 0 bridgehead atoms. The van der Waals surface area contributed by atoms with Crippen molar-refractivity contribution < 1.29 is 14.6 Å². The number of phenolic OH excluding ortho intramolecular Hbond substituents is 1. The minimum absolute atomic E-state index is 0.267. The topological polar surface area (TPSA) is 38.7 Å². The van der Waals surface area contributed by atoms with Crippen LogP contribution in [-0.4, -0.2) is 19.3 Å². The van der Waals surface area contributed by atoms with Crippen molar-refractivity contribution in [2.45, 2.75) is 0 Å². The number of aromatic hydroxyl groups is 1. The zero-order valence-corrected chi connectivity index (χ0v) is 11.0. The van der Waals surface area contributed by atoms with E-state index in [1.54, 1.807) is 26.4 Å². The van der Waals surface area contributed by atoms with Crippen molar-refractivity contribution in [1.82, 2.24) is 0 Å². The smallest absolute Gasteiger partial charge is 0.161 e. The molecule has 0 fully saturated rings. The Balaban J connectivity index is 2.21. The molecule has 98 valence electrons. The molecule has 0 heterocycles. The van der Waals surface area contributed by atoms with Crippen molar-refractivity contribution in [3.8, 4) is 17.2 Å². The van der Waals surface area contributed by atoms with Crippen LogP contribution in [0, 0.1) is 0 Å². The van der Waals surface area contributed by atoms with Crippen molar-refractivity contribution in [3.05, 3.63) is 53.6 Å². The van der Waals surface area contributed by atoms with Gasteiger partial charge in [-0.1, -0.05) is 30.4 Å². The van der Waals surface area contributed by atoms with Gasteiger partial charge in [0, 0.05) is 0 Å². The zero-order chi connectivity index (χ0) is 13.7. The molecule has 2 aromatic carbocycles. The minimum Gasteiger partial charge on any atom is -0.508 e. The summed E-state index contributed by atoms with van der Waals surface area (Å²) in [6, 6.07) is 12.8. The Labute approximate surface area is 112 Å². The molecule has 0 aliphatic heterocycles.